The maximum Gasteiger partial charge on any atom is 0.410 e. The topological polar surface area (TPSA) is 209 Å². The van der Waals surface area contributed by atoms with Gasteiger partial charge in [0.25, 0.3) is 0 Å². The van der Waals surface area contributed by atoms with Gasteiger partial charge in [-0.05, 0) is 104 Å². The zero-order valence-corrected chi connectivity index (χ0v) is 45.4. The fourth-order valence-corrected chi connectivity index (χ4v) is 8.94. The van der Waals surface area contributed by atoms with E-state index in [1.165, 1.54) is 18.7 Å². The molecule has 0 spiro atoms. The molecule has 8 aromatic rings. The van der Waals surface area contributed by atoms with E-state index in [2.05, 4.69) is 29.9 Å². The van der Waals surface area contributed by atoms with Crippen LogP contribution in [0, 0.1) is 25.5 Å². The normalized spacial score (nSPS) is 14.4. The molecule has 0 saturated carbocycles. The third-order valence-corrected chi connectivity index (χ3v) is 12.7. The fraction of sp³-hybridized carbons (Fsp3) is 0.393. The number of hydrogen-bond donors (Lipinski definition) is 3. The van der Waals surface area contributed by atoms with Gasteiger partial charge in [0.15, 0.2) is 46.1 Å². The van der Waals surface area contributed by atoms with E-state index >= 15 is 4.39 Å². The number of likely N-dealkylation sites (tertiary alicyclic amines) is 2. The number of amides is 2. The SMILES string of the molecule is COc1cc2c(Cl)ncnc2cc1OC1CCN(C(=O)OC(C)(C)C)CC1.COc1cc2c(Oc3ccc4[nH]c(C)cc4c3F)ncnc2cc1OC1CCN(C(=O)OC(C)(C)C)CC1.Cc1cc2c(F)c(O)ccc2[nH]1. The van der Waals surface area contributed by atoms with Crippen LogP contribution in [0.1, 0.15) is 78.6 Å². The van der Waals surface area contributed by atoms with Crippen LogP contribution in [0.15, 0.2) is 73.3 Å². The second-order valence-corrected chi connectivity index (χ2v) is 21.0. The number of methoxy groups -OCH3 is 2. The van der Waals surface area contributed by atoms with Crippen LogP contribution >= 0.6 is 11.6 Å². The molecule has 18 nitrogen and oxygen atoms in total. The molecule has 4 aromatic heterocycles. The molecule has 3 N–H and O–H groups in total. The van der Waals surface area contributed by atoms with Crippen LogP contribution in [-0.4, -0.2) is 121 Å². The Morgan fingerprint density at radius 1 is 0.597 bits per heavy atom. The molecule has 0 bridgehead atoms. The summed E-state index contributed by atoms with van der Waals surface area (Å²) in [6.07, 6.45) is 4.79. The minimum atomic E-state index is -0.558. The first-order valence-corrected chi connectivity index (χ1v) is 25.5. The smallest absolute Gasteiger partial charge is 0.410 e. The molecule has 10 rings (SSSR count). The number of phenolic OH excluding ortho intramolecular Hbond substituents is 1. The van der Waals surface area contributed by atoms with Crippen molar-refractivity contribution in [2.24, 2.45) is 0 Å². The van der Waals surface area contributed by atoms with Crippen molar-refractivity contribution in [2.75, 3.05) is 40.4 Å². The summed E-state index contributed by atoms with van der Waals surface area (Å²) in [7, 11) is 3.13. The number of aromatic amines is 2. The number of hydrogen-bond acceptors (Lipinski definition) is 14. The number of piperidine rings is 2. The van der Waals surface area contributed by atoms with Crippen molar-refractivity contribution in [3.05, 3.63) is 101 Å². The molecule has 0 aliphatic carbocycles. The number of nitrogens with zero attached hydrogens (tertiary/aromatic N) is 6. The van der Waals surface area contributed by atoms with Crippen molar-refractivity contribution >= 4 is 67.4 Å². The van der Waals surface area contributed by atoms with Crippen LogP contribution in [0.25, 0.3) is 43.6 Å². The Balaban J connectivity index is 0.000000173. The fourth-order valence-electron chi connectivity index (χ4n) is 8.75. The van der Waals surface area contributed by atoms with E-state index in [9.17, 15) is 14.0 Å². The van der Waals surface area contributed by atoms with Gasteiger partial charge in [0.2, 0.25) is 5.88 Å². The van der Waals surface area contributed by atoms with Crippen LogP contribution in [0.3, 0.4) is 0 Å². The predicted molar refractivity (Wildman–Crippen MR) is 288 cm³/mol. The molecule has 408 valence electrons. The number of ether oxygens (including phenoxy) is 7. The number of carbonyl (C=O) groups excluding carboxylic acids is 2. The maximum atomic E-state index is 15.1. The van der Waals surface area contributed by atoms with Gasteiger partial charge in [-0.3, -0.25) is 0 Å². The molecule has 2 amide bonds. The maximum absolute atomic E-state index is 15.1. The van der Waals surface area contributed by atoms with Crippen molar-refractivity contribution in [1.29, 1.82) is 0 Å². The summed E-state index contributed by atoms with van der Waals surface area (Å²) in [5.41, 5.74) is 3.38. The van der Waals surface area contributed by atoms with Crippen LogP contribution in [0.4, 0.5) is 18.4 Å². The summed E-state index contributed by atoms with van der Waals surface area (Å²) in [5, 5.41) is 11.6. The molecule has 0 unspecified atom stereocenters. The highest BCUT2D eigenvalue weighted by Crippen LogP contribution is 2.39. The molecule has 2 aliphatic heterocycles. The lowest BCUT2D eigenvalue weighted by atomic mass is 10.1. The van der Waals surface area contributed by atoms with E-state index in [-0.39, 0.29) is 41.8 Å². The molecule has 6 heterocycles. The van der Waals surface area contributed by atoms with Gasteiger partial charge >= 0.3 is 12.2 Å². The first-order chi connectivity index (χ1) is 36.6. The van der Waals surface area contributed by atoms with Crippen molar-refractivity contribution < 1.29 is 56.6 Å². The number of nitrogens with one attached hydrogen (secondary N) is 2. The quantitative estimate of drug-likeness (QED) is 0.121. The molecule has 0 atom stereocenters. The second kappa shape index (κ2) is 23.2. The Morgan fingerprint density at radius 3 is 1.55 bits per heavy atom. The highest BCUT2D eigenvalue weighted by atomic mass is 35.5. The van der Waals surface area contributed by atoms with Crippen LogP contribution in [0.5, 0.6) is 40.4 Å². The molecule has 2 saturated heterocycles. The summed E-state index contributed by atoms with van der Waals surface area (Å²) in [5.74, 6) is 1.12. The summed E-state index contributed by atoms with van der Waals surface area (Å²) in [6, 6.07) is 16.8. The number of fused-ring (bicyclic) bond motifs is 4. The van der Waals surface area contributed by atoms with Crippen molar-refractivity contribution in [1.82, 2.24) is 39.7 Å². The Bertz CT molecular complexity index is 3420. The lowest BCUT2D eigenvalue weighted by molar-refractivity contribution is 0.0113. The second-order valence-electron chi connectivity index (χ2n) is 20.7. The van der Waals surface area contributed by atoms with E-state index in [1.807, 2.05) is 61.5 Å². The minimum Gasteiger partial charge on any atom is -0.505 e. The van der Waals surface area contributed by atoms with Gasteiger partial charge in [-0.25, -0.2) is 38.3 Å². The lowest BCUT2D eigenvalue weighted by Gasteiger charge is -2.33. The number of aryl methyl sites for hydroxylation is 2. The number of halogens is 3. The monoisotopic (exact) mass is 1080 g/mol. The molecule has 21 heteroatoms. The summed E-state index contributed by atoms with van der Waals surface area (Å²) < 4.78 is 68.5. The standard InChI is InChI=1S/C28H31FN4O5.C19H24ClN3O4.C9H8FNO/c1-16-12-18-20(32-16)6-7-22(25(18)29)37-26-19-13-23(35-5)24(14-21(19)30-15-31-26)36-17-8-10-33(11-9-17)27(34)38-28(2,3)4;1-19(2,3)27-18(24)23-7-5-12(6-8-23)26-16-10-14-13(9-15(16)25-4)17(20)22-11-21-14;1-5-4-6-7(11-5)2-3-8(12)9(6)10/h6-7,12-15,17,32H,8-11H2,1-5H3;9-12H,5-8H2,1-4H3;2-4,11-12H,1H3. The number of aromatic hydroxyl groups is 1. The first-order valence-electron chi connectivity index (χ1n) is 25.1. The Labute approximate surface area is 448 Å². The molecular formula is C56H63ClF2N8O10. The van der Waals surface area contributed by atoms with Crippen LogP contribution < -0.4 is 23.7 Å². The largest absolute Gasteiger partial charge is 0.505 e. The average Bonchev–Trinajstić information content (AvgIpc) is 3.98. The van der Waals surface area contributed by atoms with Gasteiger partial charge in [-0.15, -0.1) is 0 Å². The molecule has 0 radical (unpaired) electrons. The molecule has 4 aromatic carbocycles. The minimum absolute atomic E-state index is 0.0210. The van der Waals surface area contributed by atoms with Gasteiger partial charge in [-0.1, -0.05) is 11.6 Å². The van der Waals surface area contributed by atoms with Gasteiger partial charge < -0.3 is 58.0 Å². The number of benzene rings is 4. The van der Waals surface area contributed by atoms with Crippen molar-refractivity contribution in [3.8, 4) is 40.4 Å². The third kappa shape index (κ3) is 13.6. The summed E-state index contributed by atoms with van der Waals surface area (Å²) >= 11 is 6.12. The third-order valence-electron chi connectivity index (χ3n) is 12.4. The Kier molecular flexibility index (Phi) is 16.7. The number of phenols is 1. The number of aromatic nitrogens is 6. The number of carbonyl (C=O) groups is 2. The molecule has 77 heavy (non-hydrogen) atoms. The summed E-state index contributed by atoms with van der Waals surface area (Å²) in [4.78, 5) is 50.9. The van der Waals surface area contributed by atoms with Crippen molar-refractivity contribution in [2.45, 2.75) is 104 Å². The van der Waals surface area contributed by atoms with Crippen molar-refractivity contribution in [3.63, 3.8) is 0 Å². The highest BCUT2D eigenvalue weighted by molar-refractivity contribution is 6.34. The zero-order valence-electron chi connectivity index (χ0n) is 44.7. The van der Waals surface area contributed by atoms with Gasteiger partial charge in [0.05, 0.1) is 30.6 Å². The summed E-state index contributed by atoms with van der Waals surface area (Å²) in [6.45, 7) is 17.1. The Hall–Kier alpha value is -7.87. The zero-order chi connectivity index (χ0) is 55.3. The van der Waals surface area contributed by atoms with Crippen LogP contribution in [0.2, 0.25) is 5.15 Å². The van der Waals surface area contributed by atoms with Gasteiger partial charge in [-0.2, -0.15) is 0 Å². The van der Waals surface area contributed by atoms with Gasteiger partial charge in [0.1, 0.15) is 41.2 Å². The average molecular weight is 1080 g/mol. The molecular weight excluding hydrogens is 1020 g/mol. The first kappa shape index (κ1) is 55.4. The Morgan fingerprint density at radius 2 is 1.05 bits per heavy atom. The molecule has 2 fully saturated rings. The highest BCUT2D eigenvalue weighted by Gasteiger charge is 2.30. The van der Waals surface area contributed by atoms with Crippen LogP contribution in [-0.2, 0) is 9.47 Å². The number of H-pyrrole nitrogens is 2. The molecule has 2 aliphatic rings. The van der Waals surface area contributed by atoms with E-state index in [1.54, 1.807) is 72.6 Å². The van der Waals surface area contributed by atoms with E-state index in [4.69, 9.17) is 49.9 Å². The predicted octanol–water partition coefficient (Wildman–Crippen LogP) is 12.5. The number of rotatable bonds is 8. The van der Waals surface area contributed by atoms with Gasteiger partial charge in [0, 0.05) is 103 Å². The van der Waals surface area contributed by atoms with E-state index in [0.29, 0.717) is 124 Å². The van der Waals surface area contributed by atoms with E-state index < -0.39 is 22.8 Å². The van der Waals surface area contributed by atoms with E-state index in [0.717, 1.165) is 11.4 Å². The lowest BCUT2D eigenvalue weighted by Crippen LogP contribution is -2.44.